The molecule has 146 valence electrons. The van der Waals surface area contributed by atoms with E-state index in [2.05, 4.69) is 54.4 Å². The van der Waals surface area contributed by atoms with Gasteiger partial charge in [-0.15, -0.1) is 0 Å². The average Bonchev–Trinajstić information content (AvgIpc) is 3.00. The summed E-state index contributed by atoms with van der Waals surface area (Å²) in [6.45, 7) is 6.48. The number of rotatable bonds is 4. The number of amides is 1. The first-order valence-electron chi connectivity index (χ1n) is 10.2. The van der Waals surface area contributed by atoms with Crippen molar-refractivity contribution in [1.82, 2.24) is 9.47 Å². The van der Waals surface area contributed by atoms with Gasteiger partial charge >= 0.3 is 0 Å². The molecule has 1 aliphatic heterocycles. The second-order valence-corrected chi connectivity index (χ2v) is 8.12. The number of aryl methyl sites for hydroxylation is 2. The lowest BCUT2D eigenvalue weighted by molar-refractivity contribution is 0.101. The van der Waals surface area contributed by atoms with E-state index in [1.807, 2.05) is 29.8 Å². The molecule has 2 aromatic carbocycles. The summed E-state index contributed by atoms with van der Waals surface area (Å²) < 4.78 is 1.96. The molecular weight excluding hydrogens is 346 g/mol. The zero-order valence-electron chi connectivity index (χ0n) is 17.0. The Hall–Kier alpha value is -2.59. The van der Waals surface area contributed by atoms with Crippen molar-refractivity contribution in [3.8, 4) is 0 Å². The molecule has 0 spiro atoms. The first-order valence-corrected chi connectivity index (χ1v) is 10.2. The molecule has 4 nitrogen and oxygen atoms in total. The molecular formula is C24H29N3O. The van der Waals surface area contributed by atoms with Crippen LogP contribution < -0.4 is 5.32 Å². The van der Waals surface area contributed by atoms with E-state index in [0.29, 0.717) is 11.7 Å². The summed E-state index contributed by atoms with van der Waals surface area (Å²) in [5.74, 6) is -0.0696. The van der Waals surface area contributed by atoms with Gasteiger partial charge in [0.1, 0.15) is 5.69 Å². The second kappa shape index (κ2) is 7.80. The molecule has 4 heteroatoms. The summed E-state index contributed by atoms with van der Waals surface area (Å²) in [6, 6.07) is 17.1. The zero-order chi connectivity index (χ0) is 19.7. The van der Waals surface area contributed by atoms with Gasteiger partial charge in [-0.2, -0.15) is 0 Å². The van der Waals surface area contributed by atoms with Crippen molar-refractivity contribution in [2.24, 2.45) is 7.05 Å². The van der Waals surface area contributed by atoms with Gasteiger partial charge in [0.2, 0.25) is 0 Å². The Balaban J connectivity index is 1.51. The molecule has 1 atom stereocenters. The van der Waals surface area contributed by atoms with E-state index in [1.54, 1.807) is 0 Å². The summed E-state index contributed by atoms with van der Waals surface area (Å²) in [4.78, 5) is 15.4. The molecule has 1 aromatic heterocycles. The third kappa shape index (κ3) is 3.83. The number of hydrogen-bond acceptors (Lipinski definition) is 2. The van der Waals surface area contributed by atoms with Gasteiger partial charge in [-0.1, -0.05) is 30.2 Å². The molecule has 0 saturated carbocycles. The molecule has 0 bridgehead atoms. The minimum absolute atomic E-state index is 0.0696. The number of carbonyl (C=O) groups excluding carboxylic acids is 1. The molecule has 1 fully saturated rings. The van der Waals surface area contributed by atoms with Crippen LogP contribution in [-0.2, 0) is 13.6 Å². The van der Waals surface area contributed by atoms with Gasteiger partial charge in [0, 0.05) is 36.2 Å². The monoisotopic (exact) mass is 375 g/mol. The first kappa shape index (κ1) is 18.8. The second-order valence-electron chi connectivity index (χ2n) is 8.12. The maximum atomic E-state index is 12.9. The fourth-order valence-electron chi connectivity index (χ4n) is 4.26. The summed E-state index contributed by atoms with van der Waals surface area (Å²) in [5, 5.41) is 4.18. The molecule has 0 unspecified atom stereocenters. The van der Waals surface area contributed by atoms with E-state index in [9.17, 15) is 4.79 Å². The Morgan fingerprint density at radius 3 is 2.82 bits per heavy atom. The third-order valence-corrected chi connectivity index (χ3v) is 5.94. The number of nitrogens with zero attached hydrogens (tertiary/aromatic N) is 2. The highest BCUT2D eigenvalue weighted by Crippen LogP contribution is 2.23. The number of nitrogens with one attached hydrogen (secondary N) is 1. The van der Waals surface area contributed by atoms with Gasteiger partial charge in [-0.25, -0.2) is 0 Å². The summed E-state index contributed by atoms with van der Waals surface area (Å²) in [6.07, 6.45) is 3.89. The molecule has 1 amide bonds. The fraction of sp³-hybridized carbons (Fsp3) is 0.375. The highest BCUT2D eigenvalue weighted by atomic mass is 16.1. The number of anilines is 1. The summed E-state index contributed by atoms with van der Waals surface area (Å²) in [7, 11) is 1.95. The van der Waals surface area contributed by atoms with Crippen LogP contribution in [0.3, 0.4) is 0 Å². The predicted molar refractivity (Wildman–Crippen MR) is 116 cm³/mol. The van der Waals surface area contributed by atoms with Crippen molar-refractivity contribution in [2.75, 3.05) is 11.9 Å². The number of likely N-dealkylation sites (tertiary alicyclic amines) is 1. The maximum Gasteiger partial charge on any atom is 0.272 e. The van der Waals surface area contributed by atoms with Crippen LogP contribution in [0.2, 0.25) is 0 Å². The number of aromatic nitrogens is 1. The van der Waals surface area contributed by atoms with E-state index in [1.165, 1.54) is 30.4 Å². The Labute approximate surface area is 167 Å². The van der Waals surface area contributed by atoms with Crippen molar-refractivity contribution in [1.29, 1.82) is 0 Å². The van der Waals surface area contributed by atoms with Gasteiger partial charge in [0.15, 0.2) is 0 Å². The van der Waals surface area contributed by atoms with Crippen LogP contribution in [0.15, 0.2) is 48.5 Å². The van der Waals surface area contributed by atoms with Crippen LogP contribution in [-0.4, -0.2) is 28.0 Å². The van der Waals surface area contributed by atoms with Gasteiger partial charge in [0.05, 0.1) is 0 Å². The number of carbonyl (C=O) groups is 1. The van der Waals surface area contributed by atoms with Crippen molar-refractivity contribution < 1.29 is 4.79 Å². The Morgan fingerprint density at radius 1 is 1.14 bits per heavy atom. The SMILES string of the molecule is Cc1ccc2c(c1)cc(C(=O)Nc1cccc(CN3CCCC[C@H]3C)c1)n2C. The maximum absolute atomic E-state index is 12.9. The molecule has 4 rings (SSSR count). The molecule has 28 heavy (non-hydrogen) atoms. The largest absolute Gasteiger partial charge is 0.340 e. The average molecular weight is 376 g/mol. The number of benzene rings is 2. The lowest BCUT2D eigenvalue weighted by Crippen LogP contribution is -2.36. The van der Waals surface area contributed by atoms with Gasteiger partial charge in [-0.3, -0.25) is 9.69 Å². The quantitative estimate of drug-likeness (QED) is 0.688. The minimum Gasteiger partial charge on any atom is -0.340 e. The number of hydrogen-bond donors (Lipinski definition) is 1. The van der Waals surface area contributed by atoms with Crippen LogP contribution in [0.25, 0.3) is 10.9 Å². The molecule has 3 aromatic rings. The number of piperidine rings is 1. The lowest BCUT2D eigenvalue weighted by Gasteiger charge is -2.33. The standard InChI is InChI=1S/C24H29N3O/c1-17-10-11-22-20(13-17)15-23(26(22)3)24(28)25-21-9-6-8-19(14-21)16-27-12-5-4-7-18(27)2/h6,8-11,13-15,18H,4-5,7,12,16H2,1-3H3,(H,25,28)/t18-/m1/s1. The smallest absolute Gasteiger partial charge is 0.272 e. The normalized spacial score (nSPS) is 17.8. The van der Waals surface area contributed by atoms with Gasteiger partial charge in [0.25, 0.3) is 5.91 Å². The van der Waals surface area contributed by atoms with Crippen molar-refractivity contribution in [3.63, 3.8) is 0 Å². The number of fused-ring (bicyclic) bond motifs is 1. The first-order chi connectivity index (χ1) is 13.5. The molecule has 2 heterocycles. The third-order valence-electron chi connectivity index (χ3n) is 5.94. The molecule has 1 N–H and O–H groups in total. The van der Waals surface area contributed by atoms with Gasteiger partial charge in [-0.05, 0) is 69.1 Å². The minimum atomic E-state index is -0.0696. The van der Waals surface area contributed by atoms with E-state index in [0.717, 1.165) is 29.7 Å². The molecule has 0 radical (unpaired) electrons. The summed E-state index contributed by atoms with van der Waals surface area (Å²) >= 11 is 0. The van der Waals surface area contributed by atoms with Gasteiger partial charge < -0.3 is 9.88 Å². The molecule has 0 aliphatic carbocycles. The Kier molecular flexibility index (Phi) is 5.23. The van der Waals surface area contributed by atoms with E-state index >= 15 is 0 Å². The van der Waals surface area contributed by atoms with Crippen LogP contribution in [0.4, 0.5) is 5.69 Å². The Morgan fingerprint density at radius 2 is 2.00 bits per heavy atom. The highest BCUT2D eigenvalue weighted by Gasteiger charge is 2.18. The van der Waals surface area contributed by atoms with Crippen molar-refractivity contribution in [2.45, 2.75) is 45.7 Å². The van der Waals surface area contributed by atoms with Crippen molar-refractivity contribution in [3.05, 3.63) is 65.4 Å². The van der Waals surface area contributed by atoms with E-state index in [-0.39, 0.29) is 5.91 Å². The van der Waals surface area contributed by atoms with Crippen LogP contribution in [0, 0.1) is 6.92 Å². The van der Waals surface area contributed by atoms with Crippen molar-refractivity contribution >= 4 is 22.5 Å². The fourth-order valence-corrected chi connectivity index (χ4v) is 4.26. The zero-order valence-corrected chi connectivity index (χ0v) is 17.0. The van der Waals surface area contributed by atoms with E-state index < -0.39 is 0 Å². The highest BCUT2D eigenvalue weighted by molar-refractivity contribution is 6.06. The topological polar surface area (TPSA) is 37.3 Å². The van der Waals surface area contributed by atoms with E-state index in [4.69, 9.17) is 0 Å². The lowest BCUT2D eigenvalue weighted by atomic mass is 10.0. The van der Waals surface area contributed by atoms with Crippen LogP contribution in [0.5, 0.6) is 0 Å². The summed E-state index contributed by atoms with van der Waals surface area (Å²) in [5.41, 5.74) is 5.05. The Bertz CT molecular complexity index is 1000. The molecule has 1 saturated heterocycles. The van der Waals surface area contributed by atoms with Crippen LogP contribution >= 0.6 is 0 Å². The predicted octanol–water partition coefficient (Wildman–Crippen LogP) is 5.11. The van der Waals surface area contributed by atoms with Crippen LogP contribution in [0.1, 0.15) is 47.8 Å². The molecule has 1 aliphatic rings.